The van der Waals surface area contributed by atoms with Crippen molar-refractivity contribution < 1.29 is 23.5 Å². The van der Waals surface area contributed by atoms with Crippen molar-refractivity contribution in [1.82, 2.24) is 10.2 Å². The summed E-state index contributed by atoms with van der Waals surface area (Å²) in [6, 6.07) is 3.40. The zero-order valence-electron chi connectivity index (χ0n) is 14.6. The Morgan fingerprint density at radius 1 is 1.31 bits per heavy atom. The number of hydrogen-bond donors (Lipinski definition) is 2. The number of urea groups is 1. The van der Waals surface area contributed by atoms with Crippen molar-refractivity contribution in [2.24, 2.45) is 11.3 Å². The standard InChI is InChI=1S/C19H22F2N2O3/c1-18(11-4-5-13(20)14(21)7-11)8-15(18)22-17(26)23-9-12-3-2-6-19(12,10-23)16(24)25/h4-5,7,12,15H,2-3,6,8-10H2,1H3,(H,22,26)(H,24,25)/t12-,15?,18?,19+/m0/s1. The predicted molar refractivity (Wildman–Crippen MR) is 89.6 cm³/mol. The molecule has 2 aliphatic carbocycles. The van der Waals surface area contributed by atoms with E-state index in [1.165, 1.54) is 6.07 Å². The Hall–Kier alpha value is -2.18. The molecule has 26 heavy (non-hydrogen) atoms. The number of carboxylic acids is 1. The average molecular weight is 364 g/mol. The average Bonchev–Trinajstić information content (AvgIpc) is 2.95. The molecule has 5 nitrogen and oxygen atoms in total. The molecule has 2 unspecified atom stereocenters. The topological polar surface area (TPSA) is 69.6 Å². The Kier molecular flexibility index (Phi) is 3.75. The van der Waals surface area contributed by atoms with E-state index in [0.717, 1.165) is 18.9 Å². The minimum absolute atomic E-state index is 0.0162. The van der Waals surface area contributed by atoms with Gasteiger partial charge in [-0.15, -0.1) is 0 Å². The molecule has 140 valence electrons. The lowest BCUT2D eigenvalue weighted by Crippen LogP contribution is -2.43. The summed E-state index contributed by atoms with van der Waals surface area (Å²) in [5, 5.41) is 12.6. The molecular formula is C19H22F2N2O3. The summed E-state index contributed by atoms with van der Waals surface area (Å²) >= 11 is 0. The van der Waals surface area contributed by atoms with Crippen LogP contribution in [0.1, 0.15) is 38.2 Å². The number of carboxylic acid groups (broad SMARTS) is 1. The van der Waals surface area contributed by atoms with Gasteiger partial charge < -0.3 is 15.3 Å². The second-order valence-electron chi connectivity index (χ2n) is 8.18. The lowest BCUT2D eigenvalue weighted by atomic mass is 9.81. The first-order valence-electron chi connectivity index (χ1n) is 9.01. The number of halogens is 2. The zero-order valence-corrected chi connectivity index (χ0v) is 14.6. The number of fused-ring (bicyclic) bond motifs is 1. The molecule has 1 aromatic carbocycles. The van der Waals surface area contributed by atoms with Gasteiger partial charge in [0.2, 0.25) is 0 Å². The minimum Gasteiger partial charge on any atom is -0.481 e. The van der Waals surface area contributed by atoms with E-state index in [9.17, 15) is 23.5 Å². The SMILES string of the molecule is CC1(c2ccc(F)c(F)c2)CC1NC(=O)N1C[C@@H]2CCC[C@@]2(C(=O)O)C1. The summed E-state index contributed by atoms with van der Waals surface area (Å²) in [4.78, 5) is 25.9. The number of amides is 2. The fraction of sp³-hybridized carbons (Fsp3) is 0.579. The van der Waals surface area contributed by atoms with E-state index in [4.69, 9.17) is 0 Å². The number of carbonyl (C=O) groups excluding carboxylic acids is 1. The number of nitrogens with one attached hydrogen (secondary N) is 1. The fourth-order valence-corrected chi connectivity index (χ4v) is 4.78. The Balaban J connectivity index is 1.42. The zero-order chi connectivity index (χ0) is 18.7. The summed E-state index contributed by atoms with van der Waals surface area (Å²) in [5.74, 6) is -2.58. The highest BCUT2D eigenvalue weighted by molar-refractivity contribution is 5.81. The first kappa shape index (κ1) is 17.2. The van der Waals surface area contributed by atoms with Gasteiger partial charge in [-0.2, -0.15) is 0 Å². The van der Waals surface area contributed by atoms with Crippen LogP contribution in [0.4, 0.5) is 13.6 Å². The van der Waals surface area contributed by atoms with Crippen LogP contribution < -0.4 is 5.32 Å². The third-order valence-electron chi connectivity index (χ3n) is 6.70. The third kappa shape index (κ3) is 2.47. The number of likely N-dealkylation sites (tertiary alicyclic amines) is 1. The maximum Gasteiger partial charge on any atom is 0.317 e. The number of hydrogen-bond acceptors (Lipinski definition) is 2. The van der Waals surface area contributed by atoms with Crippen LogP contribution in [0, 0.1) is 23.0 Å². The molecule has 2 N–H and O–H groups in total. The van der Waals surface area contributed by atoms with Gasteiger partial charge >= 0.3 is 12.0 Å². The highest BCUT2D eigenvalue weighted by atomic mass is 19.2. The van der Waals surface area contributed by atoms with Crippen LogP contribution in [0.15, 0.2) is 18.2 Å². The van der Waals surface area contributed by atoms with Gasteiger partial charge in [0.1, 0.15) is 0 Å². The van der Waals surface area contributed by atoms with Gasteiger partial charge in [-0.05, 0) is 42.9 Å². The van der Waals surface area contributed by atoms with Crippen LogP contribution in [-0.4, -0.2) is 41.1 Å². The monoisotopic (exact) mass is 364 g/mol. The molecule has 3 aliphatic rings. The van der Waals surface area contributed by atoms with Gasteiger partial charge in [-0.25, -0.2) is 13.6 Å². The number of rotatable bonds is 3. The van der Waals surface area contributed by atoms with E-state index >= 15 is 0 Å². The normalized spacial score (nSPS) is 35.3. The summed E-state index contributed by atoms with van der Waals surface area (Å²) < 4.78 is 26.6. The van der Waals surface area contributed by atoms with Crippen molar-refractivity contribution in [2.45, 2.75) is 44.1 Å². The maximum atomic E-state index is 13.5. The van der Waals surface area contributed by atoms with E-state index < -0.39 is 28.4 Å². The van der Waals surface area contributed by atoms with Gasteiger partial charge in [0.05, 0.1) is 5.41 Å². The van der Waals surface area contributed by atoms with E-state index in [1.807, 2.05) is 6.92 Å². The molecule has 1 aliphatic heterocycles. The summed E-state index contributed by atoms with van der Waals surface area (Å²) in [5.41, 5.74) is -0.573. The molecule has 1 saturated heterocycles. The third-order valence-corrected chi connectivity index (χ3v) is 6.70. The van der Waals surface area contributed by atoms with Gasteiger partial charge in [-0.1, -0.05) is 19.4 Å². The van der Waals surface area contributed by atoms with Crippen molar-refractivity contribution in [3.63, 3.8) is 0 Å². The second-order valence-corrected chi connectivity index (χ2v) is 8.18. The highest BCUT2D eigenvalue weighted by Crippen LogP contribution is 2.50. The number of carbonyl (C=O) groups is 2. The molecule has 1 aromatic rings. The molecule has 3 fully saturated rings. The number of nitrogens with zero attached hydrogens (tertiary/aromatic N) is 1. The van der Waals surface area contributed by atoms with E-state index in [2.05, 4.69) is 5.32 Å². The summed E-state index contributed by atoms with van der Waals surface area (Å²) in [7, 11) is 0. The summed E-state index contributed by atoms with van der Waals surface area (Å²) in [6.45, 7) is 2.61. The van der Waals surface area contributed by atoms with Crippen molar-refractivity contribution >= 4 is 12.0 Å². The van der Waals surface area contributed by atoms with Gasteiger partial charge in [0, 0.05) is 24.5 Å². The van der Waals surface area contributed by atoms with Crippen molar-refractivity contribution in [3.05, 3.63) is 35.4 Å². The maximum absolute atomic E-state index is 13.5. The van der Waals surface area contributed by atoms with Crippen LogP contribution in [0.25, 0.3) is 0 Å². The first-order chi connectivity index (χ1) is 12.3. The van der Waals surface area contributed by atoms with Gasteiger partial charge in [-0.3, -0.25) is 4.79 Å². The smallest absolute Gasteiger partial charge is 0.317 e. The highest BCUT2D eigenvalue weighted by Gasteiger charge is 2.57. The Labute approximate surface area is 150 Å². The van der Waals surface area contributed by atoms with Crippen LogP contribution in [0.2, 0.25) is 0 Å². The molecule has 0 radical (unpaired) electrons. The molecule has 7 heteroatoms. The van der Waals surface area contributed by atoms with Crippen molar-refractivity contribution in [3.8, 4) is 0 Å². The summed E-state index contributed by atoms with van der Waals surface area (Å²) in [6.07, 6.45) is 2.99. The minimum atomic E-state index is -0.892. The molecular weight excluding hydrogens is 342 g/mol. The van der Waals surface area contributed by atoms with E-state index in [0.29, 0.717) is 24.9 Å². The van der Waals surface area contributed by atoms with Gasteiger partial charge in [0.25, 0.3) is 0 Å². The molecule has 2 amide bonds. The number of benzene rings is 1. The van der Waals surface area contributed by atoms with Crippen LogP contribution >= 0.6 is 0 Å². The fourth-order valence-electron chi connectivity index (χ4n) is 4.78. The first-order valence-corrected chi connectivity index (χ1v) is 9.01. The van der Waals surface area contributed by atoms with E-state index in [1.54, 1.807) is 11.0 Å². The van der Waals surface area contributed by atoms with Crippen molar-refractivity contribution in [2.75, 3.05) is 13.1 Å². The lowest BCUT2D eigenvalue weighted by molar-refractivity contribution is -0.149. The van der Waals surface area contributed by atoms with E-state index in [-0.39, 0.29) is 24.5 Å². The second kappa shape index (κ2) is 5.66. The molecule has 0 spiro atoms. The predicted octanol–water partition coefficient (Wildman–Crippen LogP) is 2.89. The van der Waals surface area contributed by atoms with Crippen LogP contribution in [0.3, 0.4) is 0 Å². The van der Waals surface area contributed by atoms with Crippen LogP contribution in [0.5, 0.6) is 0 Å². The Morgan fingerprint density at radius 2 is 2.08 bits per heavy atom. The number of aliphatic carboxylic acids is 1. The largest absolute Gasteiger partial charge is 0.481 e. The molecule has 0 bridgehead atoms. The molecule has 0 aromatic heterocycles. The molecule has 1 heterocycles. The lowest BCUT2D eigenvalue weighted by Gasteiger charge is -2.23. The van der Waals surface area contributed by atoms with Crippen molar-refractivity contribution in [1.29, 1.82) is 0 Å². The molecule has 4 rings (SSSR count). The Bertz CT molecular complexity index is 786. The quantitative estimate of drug-likeness (QED) is 0.867. The molecule has 4 atom stereocenters. The van der Waals surface area contributed by atoms with Crippen LogP contribution in [-0.2, 0) is 10.2 Å². The molecule has 2 saturated carbocycles. The van der Waals surface area contributed by atoms with Gasteiger partial charge in [0.15, 0.2) is 11.6 Å². The Morgan fingerprint density at radius 3 is 2.73 bits per heavy atom.